The van der Waals surface area contributed by atoms with Gasteiger partial charge in [-0.3, -0.25) is 19.6 Å². The van der Waals surface area contributed by atoms with Crippen LogP contribution in [0.3, 0.4) is 0 Å². The number of carbonyl (C=O) groups is 2. The zero-order valence-corrected chi connectivity index (χ0v) is 35.0. The lowest BCUT2D eigenvalue weighted by atomic mass is 9.89. The fourth-order valence-corrected chi connectivity index (χ4v) is 9.35. The molecule has 0 spiro atoms. The summed E-state index contributed by atoms with van der Waals surface area (Å²) in [7, 11) is 0. The van der Waals surface area contributed by atoms with Gasteiger partial charge >= 0.3 is 0 Å². The molecular weight excluding hydrogens is 745 g/mol. The molecule has 2 saturated heterocycles. The van der Waals surface area contributed by atoms with Gasteiger partial charge in [0.2, 0.25) is 11.8 Å². The quantitative estimate of drug-likeness (QED) is 0.127. The second-order valence-corrected chi connectivity index (χ2v) is 17.4. The second-order valence-electron chi connectivity index (χ2n) is 17.4. The molecule has 7 aromatic rings. The Labute approximate surface area is 351 Å². The van der Waals surface area contributed by atoms with Gasteiger partial charge in [-0.1, -0.05) is 76.2 Å². The van der Waals surface area contributed by atoms with Crippen molar-refractivity contribution in [1.82, 2.24) is 39.7 Å². The van der Waals surface area contributed by atoms with Crippen molar-refractivity contribution in [2.75, 3.05) is 13.1 Å². The van der Waals surface area contributed by atoms with Gasteiger partial charge in [-0.15, -0.1) is 0 Å². The first-order chi connectivity index (χ1) is 29.2. The van der Waals surface area contributed by atoms with Crippen LogP contribution in [0, 0.1) is 23.7 Å². The van der Waals surface area contributed by atoms with Crippen molar-refractivity contribution in [3.63, 3.8) is 0 Å². The van der Waals surface area contributed by atoms with Crippen LogP contribution in [-0.4, -0.2) is 64.6 Å². The zero-order chi connectivity index (χ0) is 41.3. The van der Waals surface area contributed by atoms with Crippen LogP contribution in [0.15, 0.2) is 109 Å². The van der Waals surface area contributed by atoms with Crippen molar-refractivity contribution >= 4 is 33.9 Å². The molecule has 4 atom stereocenters. The maximum atomic E-state index is 14.0. The molecular formula is C50H54N8O2. The number of imidazole rings is 2. The number of hydrogen-bond donors (Lipinski definition) is 2. The van der Waals surface area contributed by atoms with Crippen molar-refractivity contribution in [3.05, 3.63) is 132 Å². The van der Waals surface area contributed by atoms with Crippen LogP contribution < -0.4 is 0 Å². The van der Waals surface area contributed by atoms with Crippen molar-refractivity contribution in [1.29, 1.82) is 0 Å². The van der Waals surface area contributed by atoms with Gasteiger partial charge in [-0.05, 0) is 108 Å². The molecule has 60 heavy (non-hydrogen) atoms. The molecule has 2 aliphatic rings. The molecule has 0 bridgehead atoms. The standard InChI is InChI=1S/C50H54N8O2/c1-31(2)39(29-37-11-5-7-23-51-37)49(59)57-25-9-13-45(57)47-53-41-21-19-35(27-43(41)55-47)33-15-17-34(18-16-33)36-20-22-42-44(28-36)56-48(54-42)46-14-10-26-58(46)50(60)40(32(3)4)30-38-12-6-8-24-52-38/h5-8,11-12,15-24,27-28,31-32,39-40,45-46H,9-10,13-14,25-26,29-30H2,1-4H3,(H,53,55)(H,54,56)/t39-,40-,45-,46-/m0/s1. The topological polar surface area (TPSA) is 124 Å². The van der Waals surface area contributed by atoms with Crippen LogP contribution in [0.25, 0.3) is 44.3 Å². The van der Waals surface area contributed by atoms with E-state index >= 15 is 0 Å². The van der Waals surface area contributed by atoms with E-state index in [1.165, 1.54) is 0 Å². The highest BCUT2D eigenvalue weighted by Gasteiger charge is 2.38. The van der Waals surface area contributed by atoms with Crippen LogP contribution in [0.2, 0.25) is 0 Å². The molecule has 6 heterocycles. The Morgan fingerprint density at radius 3 is 1.38 bits per heavy atom. The predicted octanol–water partition coefficient (Wildman–Crippen LogP) is 9.92. The Balaban J connectivity index is 0.895. The molecule has 2 fully saturated rings. The van der Waals surface area contributed by atoms with Crippen LogP contribution >= 0.6 is 0 Å². The number of fused-ring (bicyclic) bond motifs is 2. The molecule has 4 aromatic heterocycles. The number of benzene rings is 3. The molecule has 0 unspecified atom stereocenters. The SMILES string of the molecule is CC(C)[C@H](Cc1ccccn1)C(=O)N1CCC[C@H]1c1nc2ccc(-c3ccc(-c4ccc5nc([C@@H]6CCCN6C(=O)[C@@H](Cc6ccccn6)C(C)C)[nH]c5c4)cc3)cc2[nH]1. The zero-order valence-electron chi connectivity index (χ0n) is 35.0. The smallest absolute Gasteiger partial charge is 0.226 e. The van der Waals surface area contributed by atoms with E-state index in [2.05, 4.69) is 108 Å². The van der Waals surface area contributed by atoms with Crippen LogP contribution in [0.4, 0.5) is 0 Å². The monoisotopic (exact) mass is 798 g/mol. The highest BCUT2D eigenvalue weighted by atomic mass is 16.2. The fraction of sp³-hybridized carbons (Fsp3) is 0.360. The minimum atomic E-state index is -0.134. The average molecular weight is 799 g/mol. The molecule has 306 valence electrons. The number of nitrogens with zero attached hydrogens (tertiary/aromatic N) is 6. The molecule has 0 saturated carbocycles. The lowest BCUT2D eigenvalue weighted by molar-refractivity contribution is -0.138. The van der Waals surface area contributed by atoms with Crippen LogP contribution in [0.1, 0.15) is 88.5 Å². The highest BCUT2D eigenvalue weighted by molar-refractivity contribution is 5.86. The van der Waals surface area contributed by atoms with Gasteiger partial charge in [0.15, 0.2) is 0 Å². The van der Waals surface area contributed by atoms with Gasteiger partial charge < -0.3 is 19.8 Å². The van der Waals surface area contributed by atoms with E-state index in [9.17, 15) is 9.59 Å². The number of aromatic amines is 2. The Bertz CT molecular complexity index is 2420. The summed E-state index contributed by atoms with van der Waals surface area (Å²) in [6.45, 7) is 9.99. The molecule has 2 N–H and O–H groups in total. The average Bonchev–Trinajstić information content (AvgIpc) is 4.10. The summed E-state index contributed by atoms with van der Waals surface area (Å²) in [4.78, 5) is 58.4. The third-order valence-electron chi connectivity index (χ3n) is 12.8. The summed E-state index contributed by atoms with van der Waals surface area (Å²) in [6.07, 6.45) is 8.58. The van der Waals surface area contributed by atoms with E-state index in [-0.39, 0.29) is 47.6 Å². The number of amides is 2. The first-order valence-electron chi connectivity index (χ1n) is 21.7. The van der Waals surface area contributed by atoms with Crippen molar-refractivity contribution < 1.29 is 9.59 Å². The van der Waals surface area contributed by atoms with E-state index in [0.717, 1.165) is 106 Å². The Morgan fingerprint density at radius 1 is 0.583 bits per heavy atom. The van der Waals surface area contributed by atoms with Crippen LogP contribution in [0.5, 0.6) is 0 Å². The summed E-state index contributed by atoms with van der Waals surface area (Å²) in [5.41, 5.74) is 10.1. The van der Waals surface area contributed by atoms with Crippen molar-refractivity contribution in [2.24, 2.45) is 23.7 Å². The maximum absolute atomic E-state index is 14.0. The van der Waals surface area contributed by atoms with E-state index < -0.39 is 0 Å². The Kier molecular flexibility index (Phi) is 11.0. The summed E-state index contributed by atoms with van der Waals surface area (Å²) < 4.78 is 0. The molecule has 0 radical (unpaired) electrons. The number of pyridine rings is 2. The number of nitrogens with one attached hydrogen (secondary N) is 2. The minimum Gasteiger partial charge on any atom is -0.340 e. The largest absolute Gasteiger partial charge is 0.340 e. The van der Waals surface area contributed by atoms with E-state index in [0.29, 0.717) is 12.8 Å². The van der Waals surface area contributed by atoms with E-state index in [4.69, 9.17) is 9.97 Å². The van der Waals surface area contributed by atoms with Gasteiger partial charge in [-0.25, -0.2) is 9.97 Å². The lowest BCUT2D eigenvalue weighted by Gasteiger charge is -2.29. The molecule has 10 nitrogen and oxygen atoms in total. The first-order valence-corrected chi connectivity index (χ1v) is 21.7. The summed E-state index contributed by atoms with van der Waals surface area (Å²) in [6, 6.07) is 33.1. The normalized spacial score (nSPS) is 18.0. The number of rotatable bonds is 12. The Morgan fingerprint density at radius 2 is 1.00 bits per heavy atom. The lowest BCUT2D eigenvalue weighted by Crippen LogP contribution is -2.39. The molecule has 0 aliphatic carbocycles. The molecule has 9 rings (SSSR count). The minimum absolute atomic E-state index is 0.0690. The third-order valence-corrected chi connectivity index (χ3v) is 12.8. The molecule has 3 aromatic carbocycles. The number of aromatic nitrogens is 6. The van der Waals surface area contributed by atoms with Crippen LogP contribution in [-0.2, 0) is 22.4 Å². The molecule has 2 aliphatic heterocycles. The van der Waals surface area contributed by atoms with E-state index in [1.807, 2.05) is 46.2 Å². The molecule has 2 amide bonds. The summed E-state index contributed by atoms with van der Waals surface area (Å²) in [5.74, 6) is 2.21. The predicted molar refractivity (Wildman–Crippen MR) is 237 cm³/mol. The van der Waals surface area contributed by atoms with Gasteiger partial charge in [-0.2, -0.15) is 0 Å². The van der Waals surface area contributed by atoms with Gasteiger partial charge in [0.05, 0.1) is 34.2 Å². The maximum Gasteiger partial charge on any atom is 0.226 e. The van der Waals surface area contributed by atoms with E-state index in [1.54, 1.807) is 12.4 Å². The number of likely N-dealkylation sites (tertiary alicyclic amines) is 2. The summed E-state index contributed by atoms with van der Waals surface area (Å²) >= 11 is 0. The number of H-pyrrole nitrogens is 2. The number of hydrogen-bond acceptors (Lipinski definition) is 6. The second kappa shape index (κ2) is 16.8. The third kappa shape index (κ3) is 7.95. The van der Waals surface area contributed by atoms with Gasteiger partial charge in [0, 0.05) is 61.5 Å². The van der Waals surface area contributed by atoms with Crippen molar-refractivity contribution in [2.45, 2.75) is 78.3 Å². The van der Waals surface area contributed by atoms with Gasteiger partial charge in [0.25, 0.3) is 0 Å². The van der Waals surface area contributed by atoms with Gasteiger partial charge in [0.1, 0.15) is 11.6 Å². The fourth-order valence-electron chi connectivity index (χ4n) is 9.35. The summed E-state index contributed by atoms with van der Waals surface area (Å²) in [5, 5.41) is 0. The highest BCUT2D eigenvalue weighted by Crippen LogP contribution is 2.37. The Hall–Kier alpha value is -6.16. The first kappa shape index (κ1) is 39.3. The molecule has 10 heteroatoms. The number of carbonyl (C=O) groups excluding carboxylic acids is 2. The van der Waals surface area contributed by atoms with Crippen molar-refractivity contribution in [3.8, 4) is 22.3 Å².